The Morgan fingerprint density at radius 3 is 2.37 bits per heavy atom. The van der Waals surface area contributed by atoms with E-state index in [1.165, 1.54) is 0 Å². The molecule has 1 amide bonds. The van der Waals surface area contributed by atoms with Crippen LogP contribution in [0.15, 0.2) is 0 Å². The number of hydrogen-bond acceptors (Lipinski definition) is 4. The molecule has 112 valence electrons. The lowest BCUT2D eigenvalue weighted by Crippen LogP contribution is -2.43. The summed E-state index contributed by atoms with van der Waals surface area (Å²) >= 11 is 0. The van der Waals surface area contributed by atoms with Crippen molar-refractivity contribution in [2.75, 3.05) is 19.8 Å². The maximum atomic E-state index is 12.1. The first-order valence-electron chi connectivity index (χ1n) is 7.16. The number of ether oxygens (including phenoxy) is 1. The molecule has 0 bridgehead atoms. The lowest BCUT2D eigenvalue weighted by Gasteiger charge is -2.29. The van der Waals surface area contributed by atoms with Gasteiger partial charge in [0.1, 0.15) is 0 Å². The highest BCUT2D eigenvalue weighted by atomic mass is 16.5. The monoisotopic (exact) mass is 273 g/mol. The molecule has 5 nitrogen and oxygen atoms in total. The zero-order valence-corrected chi connectivity index (χ0v) is 12.4. The SMILES string of the molecule is CCCCC(=O)N(CCC(=O)OCC)C(CC)CO. The van der Waals surface area contributed by atoms with E-state index in [1.807, 2.05) is 13.8 Å². The van der Waals surface area contributed by atoms with Gasteiger partial charge in [-0.25, -0.2) is 0 Å². The highest BCUT2D eigenvalue weighted by molar-refractivity contribution is 5.77. The molecule has 0 rings (SSSR count). The van der Waals surface area contributed by atoms with Gasteiger partial charge < -0.3 is 14.7 Å². The average Bonchev–Trinajstić information content (AvgIpc) is 2.41. The number of esters is 1. The number of carbonyl (C=O) groups is 2. The Labute approximate surface area is 115 Å². The number of carbonyl (C=O) groups excluding carboxylic acids is 2. The number of hydrogen-bond donors (Lipinski definition) is 1. The van der Waals surface area contributed by atoms with E-state index < -0.39 is 0 Å². The summed E-state index contributed by atoms with van der Waals surface area (Å²) in [5, 5.41) is 9.33. The molecule has 0 aliphatic heterocycles. The van der Waals surface area contributed by atoms with Gasteiger partial charge in [-0.3, -0.25) is 9.59 Å². The van der Waals surface area contributed by atoms with Gasteiger partial charge in [-0.2, -0.15) is 0 Å². The fourth-order valence-electron chi connectivity index (χ4n) is 1.88. The van der Waals surface area contributed by atoms with E-state index in [0.29, 0.717) is 26.0 Å². The molecule has 5 heteroatoms. The Balaban J connectivity index is 4.48. The van der Waals surface area contributed by atoms with Gasteiger partial charge in [0.05, 0.1) is 25.7 Å². The third-order valence-electron chi connectivity index (χ3n) is 3.05. The number of aliphatic hydroxyl groups is 1. The molecule has 0 aliphatic carbocycles. The van der Waals surface area contributed by atoms with E-state index in [4.69, 9.17) is 4.74 Å². The first-order chi connectivity index (χ1) is 9.10. The largest absolute Gasteiger partial charge is 0.466 e. The van der Waals surface area contributed by atoms with Crippen LogP contribution in [0.1, 0.15) is 52.9 Å². The number of aliphatic hydroxyl groups excluding tert-OH is 1. The van der Waals surface area contributed by atoms with Gasteiger partial charge in [0, 0.05) is 13.0 Å². The van der Waals surface area contributed by atoms with Gasteiger partial charge in [0.25, 0.3) is 0 Å². The van der Waals surface area contributed by atoms with Gasteiger partial charge in [-0.1, -0.05) is 20.3 Å². The van der Waals surface area contributed by atoms with Gasteiger partial charge >= 0.3 is 5.97 Å². The summed E-state index contributed by atoms with van der Waals surface area (Å²) in [4.78, 5) is 25.1. The van der Waals surface area contributed by atoms with Gasteiger partial charge in [0.15, 0.2) is 0 Å². The Hall–Kier alpha value is -1.10. The molecule has 0 aromatic carbocycles. The Bertz CT molecular complexity index is 264. The Morgan fingerprint density at radius 1 is 1.21 bits per heavy atom. The van der Waals surface area contributed by atoms with Crippen molar-refractivity contribution >= 4 is 11.9 Å². The average molecular weight is 273 g/mol. The first kappa shape index (κ1) is 17.9. The van der Waals surface area contributed by atoms with Crippen LogP contribution in [0, 0.1) is 0 Å². The zero-order valence-electron chi connectivity index (χ0n) is 12.4. The standard InChI is InChI=1S/C14H27NO4/c1-4-7-8-13(17)15(12(5-2)11-16)10-9-14(18)19-6-3/h12,16H,4-11H2,1-3H3. The Kier molecular flexibility index (Phi) is 10.2. The Morgan fingerprint density at radius 2 is 1.89 bits per heavy atom. The maximum absolute atomic E-state index is 12.1. The van der Waals surface area contributed by atoms with Crippen LogP contribution < -0.4 is 0 Å². The van der Waals surface area contributed by atoms with Gasteiger partial charge in [0.2, 0.25) is 5.91 Å². The van der Waals surface area contributed by atoms with Crippen LogP contribution in [0.2, 0.25) is 0 Å². The quantitative estimate of drug-likeness (QED) is 0.616. The normalized spacial score (nSPS) is 12.0. The molecular weight excluding hydrogens is 246 g/mol. The van der Waals surface area contributed by atoms with E-state index in [9.17, 15) is 14.7 Å². The fraction of sp³-hybridized carbons (Fsp3) is 0.857. The minimum absolute atomic E-state index is 0.00653. The minimum atomic E-state index is -0.302. The van der Waals surface area contributed by atoms with Crippen LogP contribution in [0.3, 0.4) is 0 Å². The van der Waals surface area contributed by atoms with Gasteiger partial charge in [-0.05, 0) is 19.8 Å². The molecule has 0 aromatic heterocycles. The van der Waals surface area contributed by atoms with Crippen LogP contribution in [-0.2, 0) is 14.3 Å². The second-order valence-corrected chi connectivity index (χ2v) is 4.49. The number of unbranched alkanes of at least 4 members (excludes halogenated alkanes) is 1. The molecule has 0 radical (unpaired) electrons. The number of rotatable bonds is 10. The molecule has 0 fully saturated rings. The molecule has 0 saturated heterocycles. The molecule has 0 heterocycles. The van der Waals surface area contributed by atoms with E-state index in [-0.39, 0.29) is 30.9 Å². The topological polar surface area (TPSA) is 66.8 Å². The van der Waals surface area contributed by atoms with Crippen LogP contribution in [-0.4, -0.2) is 47.7 Å². The van der Waals surface area contributed by atoms with Crippen LogP contribution in [0.4, 0.5) is 0 Å². The maximum Gasteiger partial charge on any atom is 0.307 e. The molecule has 0 spiro atoms. The molecule has 0 saturated carbocycles. The van der Waals surface area contributed by atoms with Crippen LogP contribution in [0.5, 0.6) is 0 Å². The second kappa shape index (κ2) is 10.8. The van der Waals surface area contributed by atoms with Crippen LogP contribution in [0.25, 0.3) is 0 Å². The zero-order chi connectivity index (χ0) is 14.7. The summed E-state index contributed by atoms with van der Waals surface area (Å²) in [6.07, 6.45) is 3.11. The summed E-state index contributed by atoms with van der Waals surface area (Å²) < 4.78 is 4.86. The molecule has 19 heavy (non-hydrogen) atoms. The first-order valence-corrected chi connectivity index (χ1v) is 7.16. The van der Waals surface area contributed by atoms with Crippen molar-refractivity contribution in [1.29, 1.82) is 0 Å². The second-order valence-electron chi connectivity index (χ2n) is 4.49. The van der Waals surface area contributed by atoms with E-state index in [1.54, 1.807) is 11.8 Å². The number of amides is 1. The van der Waals surface area contributed by atoms with Crippen molar-refractivity contribution in [3.63, 3.8) is 0 Å². The molecule has 0 aliphatic rings. The van der Waals surface area contributed by atoms with Crippen molar-refractivity contribution in [2.24, 2.45) is 0 Å². The van der Waals surface area contributed by atoms with Crippen molar-refractivity contribution in [2.45, 2.75) is 58.9 Å². The third-order valence-corrected chi connectivity index (χ3v) is 3.05. The summed E-state index contributed by atoms with van der Waals surface area (Å²) in [6.45, 7) is 6.30. The molecule has 1 unspecified atom stereocenters. The summed E-state index contributed by atoms with van der Waals surface area (Å²) in [7, 11) is 0. The van der Waals surface area contributed by atoms with Gasteiger partial charge in [-0.15, -0.1) is 0 Å². The van der Waals surface area contributed by atoms with Crippen LogP contribution >= 0.6 is 0 Å². The predicted octanol–water partition coefficient (Wildman–Crippen LogP) is 1.73. The van der Waals surface area contributed by atoms with E-state index in [0.717, 1.165) is 12.8 Å². The highest BCUT2D eigenvalue weighted by Gasteiger charge is 2.22. The molecule has 1 N–H and O–H groups in total. The predicted molar refractivity (Wildman–Crippen MR) is 73.7 cm³/mol. The van der Waals surface area contributed by atoms with E-state index >= 15 is 0 Å². The van der Waals surface area contributed by atoms with E-state index in [2.05, 4.69) is 0 Å². The highest BCUT2D eigenvalue weighted by Crippen LogP contribution is 2.10. The van der Waals surface area contributed by atoms with Crippen molar-refractivity contribution < 1.29 is 19.4 Å². The minimum Gasteiger partial charge on any atom is -0.466 e. The summed E-state index contributed by atoms with van der Waals surface area (Å²) in [6, 6.07) is -0.209. The lowest BCUT2D eigenvalue weighted by atomic mass is 10.1. The number of nitrogens with zero attached hydrogens (tertiary/aromatic N) is 1. The molecular formula is C14H27NO4. The fourth-order valence-corrected chi connectivity index (χ4v) is 1.88. The summed E-state index contributed by atoms with van der Waals surface area (Å²) in [5.41, 5.74) is 0. The summed E-state index contributed by atoms with van der Waals surface area (Å²) in [5.74, 6) is -0.296. The lowest BCUT2D eigenvalue weighted by molar-refractivity contribution is -0.144. The van der Waals surface area contributed by atoms with Crippen molar-refractivity contribution in [3.05, 3.63) is 0 Å². The van der Waals surface area contributed by atoms with Crippen molar-refractivity contribution in [3.8, 4) is 0 Å². The third kappa shape index (κ3) is 7.15. The van der Waals surface area contributed by atoms with Crippen molar-refractivity contribution in [1.82, 2.24) is 4.90 Å². The molecule has 0 aromatic rings. The molecule has 1 atom stereocenters. The smallest absolute Gasteiger partial charge is 0.307 e.